The number of benzene rings is 2. The molecule has 132 valence electrons. The van der Waals surface area contributed by atoms with Crippen LogP contribution in [0.1, 0.15) is 19.4 Å². The number of carbonyl (C=O) groups excluding carboxylic acids is 2. The Balaban J connectivity index is 2.04. The highest BCUT2D eigenvalue weighted by Crippen LogP contribution is 2.19. The fourth-order valence-electron chi connectivity index (χ4n) is 2.58. The van der Waals surface area contributed by atoms with Gasteiger partial charge in [0.2, 0.25) is 5.91 Å². The molecule has 2 rings (SSSR count). The predicted octanol–water partition coefficient (Wildman–Crippen LogP) is 2.29. The zero-order chi connectivity index (χ0) is 18.2. The van der Waals surface area contributed by atoms with Crippen molar-refractivity contribution in [3.63, 3.8) is 0 Å². The SMILES string of the molecule is CCOC(=O)[C@H](C)N[C@@H](Cc1ccc(-c2ccccc2)cc1)C(N)=O. The number of rotatable bonds is 8. The van der Waals surface area contributed by atoms with Gasteiger partial charge in [-0.05, 0) is 37.0 Å². The second-order valence-electron chi connectivity index (χ2n) is 5.86. The third-order valence-corrected chi connectivity index (χ3v) is 3.94. The number of primary amides is 1. The first-order chi connectivity index (χ1) is 12.0. The van der Waals surface area contributed by atoms with E-state index in [1.807, 2.05) is 54.6 Å². The van der Waals surface area contributed by atoms with Crippen molar-refractivity contribution in [1.82, 2.24) is 5.32 Å². The molecule has 0 bridgehead atoms. The number of esters is 1. The minimum absolute atomic E-state index is 0.299. The van der Waals surface area contributed by atoms with Crippen LogP contribution in [0.2, 0.25) is 0 Å². The summed E-state index contributed by atoms with van der Waals surface area (Å²) >= 11 is 0. The Kier molecular flexibility index (Phi) is 6.71. The highest BCUT2D eigenvalue weighted by molar-refractivity contribution is 5.82. The molecule has 5 nitrogen and oxygen atoms in total. The lowest BCUT2D eigenvalue weighted by molar-refractivity contribution is -0.145. The molecular formula is C20H24N2O3. The van der Waals surface area contributed by atoms with Crippen LogP contribution in [0.5, 0.6) is 0 Å². The molecule has 0 radical (unpaired) electrons. The molecule has 0 heterocycles. The zero-order valence-electron chi connectivity index (χ0n) is 14.6. The summed E-state index contributed by atoms with van der Waals surface area (Å²) in [4.78, 5) is 23.4. The van der Waals surface area contributed by atoms with Gasteiger partial charge in [0.15, 0.2) is 0 Å². The molecule has 0 fully saturated rings. The van der Waals surface area contributed by atoms with Crippen molar-refractivity contribution in [3.8, 4) is 11.1 Å². The lowest BCUT2D eigenvalue weighted by Crippen LogP contribution is -2.49. The average molecular weight is 340 g/mol. The number of hydrogen-bond donors (Lipinski definition) is 2. The number of nitrogens with two attached hydrogens (primary N) is 1. The van der Waals surface area contributed by atoms with Gasteiger partial charge in [0, 0.05) is 0 Å². The normalized spacial score (nSPS) is 13.0. The summed E-state index contributed by atoms with van der Waals surface area (Å²) in [5.41, 5.74) is 8.68. The van der Waals surface area contributed by atoms with Crippen LogP contribution in [0.15, 0.2) is 54.6 Å². The van der Waals surface area contributed by atoms with Crippen LogP contribution in [0.4, 0.5) is 0 Å². The van der Waals surface area contributed by atoms with Crippen molar-refractivity contribution in [1.29, 1.82) is 0 Å². The quantitative estimate of drug-likeness (QED) is 0.723. The van der Waals surface area contributed by atoms with E-state index in [1.165, 1.54) is 0 Å². The van der Waals surface area contributed by atoms with E-state index >= 15 is 0 Å². The zero-order valence-corrected chi connectivity index (χ0v) is 14.6. The van der Waals surface area contributed by atoms with E-state index in [1.54, 1.807) is 13.8 Å². The summed E-state index contributed by atoms with van der Waals surface area (Å²) in [7, 11) is 0. The van der Waals surface area contributed by atoms with Crippen molar-refractivity contribution < 1.29 is 14.3 Å². The molecule has 2 aromatic rings. The maximum atomic E-state index is 11.7. The van der Waals surface area contributed by atoms with E-state index in [0.29, 0.717) is 13.0 Å². The monoisotopic (exact) mass is 340 g/mol. The van der Waals surface area contributed by atoms with Gasteiger partial charge in [-0.2, -0.15) is 0 Å². The molecule has 0 unspecified atom stereocenters. The second kappa shape index (κ2) is 8.99. The summed E-state index contributed by atoms with van der Waals surface area (Å²) in [6.07, 6.45) is 0.411. The molecule has 2 aromatic carbocycles. The van der Waals surface area contributed by atoms with Gasteiger partial charge in [-0.1, -0.05) is 54.6 Å². The van der Waals surface area contributed by atoms with Crippen LogP contribution >= 0.6 is 0 Å². The fourth-order valence-corrected chi connectivity index (χ4v) is 2.58. The summed E-state index contributed by atoms with van der Waals surface area (Å²) in [5.74, 6) is -0.892. The largest absolute Gasteiger partial charge is 0.465 e. The summed E-state index contributed by atoms with van der Waals surface area (Å²) in [5, 5.41) is 2.95. The minimum Gasteiger partial charge on any atom is -0.465 e. The minimum atomic E-state index is -0.637. The lowest BCUT2D eigenvalue weighted by atomic mass is 10.00. The van der Waals surface area contributed by atoms with Gasteiger partial charge in [-0.25, -0.2) is 0 Å². The van der Waals surface area contributed by atoms with E-state index in [0.717, 1.165) is 16.7 Å². The number of carbonyl (C=O) groups is 2. The Morgan fingerprint density at radius 3 is 2.20 bits per heavy atom. The Morgan fingerprint density at radius 1 is 1.04 bits per heavy atom. The molecule has 25 heavy (non-hydrogen) atoms. The first kappa shape index (κ1) is 18.7. The summed E-state index contributed by atoms with van der Waals surface area (Å²) < 4.78 is 4.95. The molecule has 0 aliphatic carbocycles. The lowest BCUT2D eigenvalue weighted by Gasteiger charge is -2.20. The van der Waals surface area contributed by atoms with Gasteiger partial charge < -0.3 is 10.5 Å². The van der Waals surface area contributed by atoms with E-state index < -0.39 is 24.0 Å². The van der Waals surface area contributed by atoms with Gasteiger partial charge in [0.05, 0.1) is 12.6 Å². The molecule has 2 atom stereocenters. The van der Waals surface area contributed by atoms with E-state index in [2.05, 4.69) is 5.32 Å². The number of hydrogen-bond acceptors (Lipinski definition) is 4. The third kappa shape index (κ3) is 5.43. The van der Waals surface area contributed by atoms with Gasteiger partial charge in [-0.15, -0.1) is 0 Å². The highest BCUT2D eigenvalue weighted by Gasteiger charge is 2.22. The average Bonchev–Trinajstić information content (AvgIpc) is 2.62. The van der Waals surface area contributed by atoms with Gasteiger partial charge >= 0.3 is 5.97 Å². The Labute approximate surface area is 148 Å². The van der Waals surface area contributed by atoms with E-state index in [4.69, 9.17) is 10.5 Å². The van der Waals surface area contributed by atoms with Gasteiger partial charge in [-0.3, -0.25) is 14.9 Å². The van der Waals surface area contributed by atoms with Crippen molar-refractivity contribution in [2.45, 2.75) is 32.4 Å². The molecule has 0 saturated heterocycles. The predicted molar refractivity (Wildman–Crippen MR) is 97.8 cm³/mol. The second-order valence-corrected chi connectivity index (χ2v) is 5.86. The first-order valence-corrected chi connectivity index (χ1v) is 8.37. The number of nitrogens with one attached hydrogen (secondary N) is 1. The van der Waals surface area contributed by atoms with Crippen LogP contribution in [0.3, 0.4) is 0 Å². The van der Waals surface area contributed by atoms with Crippen LogP contribution in [-0.4, -0.2) is 30.6 Å². The van der Waals surface area contributed by atoms with Gasteiger partial charge in [0.1, 0.15) is 6.04 Å². The Hall–Kier alpha value is -2.66. The summed E-state index contributed by atoms with van der Waals surface area (Å²) in [6, 6.07) is 16.8. The molecule has 5 heteroatoms. The van der Waals surface area contributed by atoms with E-state index in [9.17, 15) is 9.59 Å². The molecule has 0 aliphatic heterocycles. The van der Waals surface area contributed by atoms with Crippen LogP contribution < -0.4 is 11.1 Å². The Morgan fingerprint density at radius 2 is 1.64 bits per heavy atom. The number of amides is 1. The standard InChI is InChI=1S/C20H24N2O3/c1-3-25-20(24)14(2)22-18(19(21)23)13-15-9-11-17(12-10-15)16-7-5-4-6-8-16/h4-12,14,18,22H,3,13H2,1-2H3,(H2,21,23)/t14-,18-/m0/s1. The maximum Gasteiger partial charge on any atom is 0.322 e. The molecule has 1 amide bonds. The van der Waals surface area contributed by atoms with Crippen LogP contribution in [0.25, 0.3) is 11.1 Å². The molecule has 3 N–H and O–H groups in total. The smallest absolute Gasteiger partial charge is 0.322 e. The summed E-state index contributed by atoms with van der Waals surface area (Å²) in [6.45, 7) is 3.70. The topological polar surface area (TPSA) is 81.4 Å². The van der Waals surface area contributed by atoms with Crippen LogP contribution in [0, 0.1) is 0 Å². The third-order valence-electron chi connectivity index (χ3n) is 3.94. The van der Waals surface area contributed by atoms with E-state index in [-0.39, 0.29) is 0 Å². The highest BCUT2D eigenvalue weighted by atomic mass is 16.5. The fraction of sp³-hybridized carbons (Fsp3) is 0.300. The van der Waals surface area contributed by atoms with Crippen molar-refractivity contribution in [2.24, 2.45) is 5.73 Å². The molecule has 0 spiro atoms. The molecule has 0 saturated carbocycles. The van der Waals surface area contributed by atoms with Crippen molar-refractivity contribution in [2.75, 3.05) is 6.61 Å². The van der Waals surface area contributed by atoms with Crippen molar-refractivity contribution in [3.05, 3.63) is 60.2 Å². The Bertz CT molecular complexity index is 699. The molecule has 0 aliphatic rings. The van der Waals surface area contributed by atoms with Gasteiger partial charge in [0.25, 0.3) is 0 Å². The van der Waals surface area contributed by atoms with Crippen LogP contribution in [-0.2, 0) is 20.7 Å². The first-order valence-electron chi connectivity index (χ1n) is 8.37. The molecule has 0 aromatic heterocycles. The maximum absolute atomic E-state index is 11.7. The number of ether oxygens (including phenoxy) is 1. The van der Waals surface area contributed by atoms with Crippen molar-refractivity contribution >= 4 is 11.9 Å². The molecular weight excluding hydrogens is 316 g/mol.